The maximum Gasteiger partial charge on any atom is 0.224 e. The van der Waals surface area contributed by atoms with Gasteiger partial charge in [0, 0.05) is 30.9 Å². The molecule has 1 N–H and O–H groups in total. The minimum Gasteiger partial charge on any atom is -0.453 e. The third kappa shape index (κ3) is 6.88. The minimum atomic E-state index is -3.26. The van der Waals surface area contributed by atoms with Crippen LogP contribution >= 0.6 is 23.2 Å². The van der Waals surface area contributed by atoms with E-state index in [1.54, 1.807) is 32.2 Å². The largest absolute Gasteiger partial charge is 0.453 e. The number of anilines is 1. The number of nitrogens with zero attached hydrogens (tertiary/aromatic N) is 2. The summed E-state index contributed by atoms with van der Waals surface area (Å²) in [6, 6.07) is 5.12. The van der Waals surface area contributed by atoms with Crippen molar-refractivity contribution in [2.45, 2.75) is 65.0 Å². The number of sulfonamides is 1. The molecule has 1 amide bonds. The fourth-order valence-corrected chi connectivity index (χ4v) is 6.04. The summed E-state index contributed by atoms with van der Waals surface area (Å²) in [4.78, 5) is 17.0. The van der Waals surface area contributed by atoms with E-state index in [-0.39, 0.29) is 21.9 Å². The summed E-state index contributed by atoms with van der Waals surface area (Å²) in [5, 5.41) is 2.94. The predicted molar refractivity (Wildman–Crippen MR) is 141 cm³/mol. The highest BCUT2D eigenvalue weighted by Crippen LogP contribution is 2.39. The van der Waals surface area contributed by atoms with E-state index in [4.69, 9.17) is 27.9 Å². The zero-order chi connectivity index (χ0) is 25.9. The second-order valence-corrected chi connectivity index (χ2v) is 12.9. The van der Waals surface area contributed by atoms with Crippen LogP contribution in [0.25, 0.3) is 0 Å². The van der Waals surface area contributed by atoms with Gasteiger partial charge in [-0.2, -0.15) is 0 Å². The van der Waals surface area contributed by atoms with Gasteiger partial charge in [-0.1, -0.05) is 37.0 Å². The number of halogens is 2. The Morgan fingerprint density at radius 2 is 1.74 bits per heavy atom. The van der Waals surface area contributed by atoms with Gasteiger partial charge in [-0.25, -0.2) is 12.7 Å². The Hall–Kier alpha value is -1.87. The number of aryl methyl sites for hydroxylation is 1. The Morgan fingerprint density at radius 1 is 1.14 bits per heavy atom. The topological polar surface area (TPSA) is 88.6 Å². The Kier molecular flexibility index (Phi) is 9.07. The molecule has 35 heavy (non-hydrogen) atoms. The first-order valence-corrected chi connectivity index (χ1v) is 14.1. The molecule has 7 nitrogen and oxygen atoms in total. The number of benzene rings is 1. The van der Waals surface area contributed by atoms with Crippen molar-refractivity contribution < 1.29 is 17.9 Å². The Bertz CT molecular complexity index is 1150. The summed E-state index contributed by atoms with van der Waals surface area (Å²) in [6.07, 6.45) is 3.23. The fraction of sp³-hybridized carbons (Fsp3) is 0.520. The standard InChI is InChI=1S/C25H33Cl2N3O4S/c1-15(2)21-13-20(14-28-17(21)5)34-25-22(26)11-19(12-23(25)27)29-24(31)10-18-6-8-30(9-7-18)35(32,33)16(3)4/h11-16,18H,6-10H2,1-5H3,(H,29,31). The van der Waals surface area contributed by atoms with E-state index in [0.29, 0.717) is 55.5 Å². The van der Waals surface area contributed by atoms with E-state index in [9.17, 15) is 13.2 Å². The van der Waals surface area contributed by atoms with Crippen molar-refractivity contribution in [1.29, 1.82) is 0 Å². The minimum absolute atomic E-state index is 0.117. The van der Waals surface area contributed by atoms with Crippen molar-refractivity contribution in [3.8, 4) is 11.5 Å². The second-order valence-electron chi connectivity index (χ2n) is 9.56. The molecule has 1 aromatic heterocycles. The van der Waals surface area contributed by atoms with Crippen LogP contribution in [-0.2, 0) is 14.8 Å². The Morgan fingerprint density at radius 3 is 2.29 bits per heavy atom. The number of hydrogen-bond donors (Lipinski definition) is 1. The van der Waals surface area contributed by atoms with E-state index in [1.807, 2.05) is 13.0 Å². The summed E-state index contributed by atoms with van der Waals surface area (Å²) < 4.78 is 32.1. The van der Waals surface area contributed by atoms with Crippen molar-refractivity contribution in [1.82, 2.24) is 9.29 Å². The number of amides is 1. The van der Waals surface area contributed by atoms with Gasteiger partial charge in [-0.3, -0.25) is 9.78 Å². The summed E-state index contributed by atoms with van der Waals surface area (Å²) in [7, 11) is -3.26. The maximum absolute atomic E-state index is 12.6. The van der Waals surface area contributed by atoms with E-state index in [1.165, 1.54) is 4.31 Å². The molecule has 0 saturated carbocycles. The molecule has 10 heteroatoms. The summed E-state index contributed by atoms with van der Waals surface area (Å²) in [6.45, 7) is 10.4. The van der Waals surface area contributed by atoms with Crippen molar-refractivity contribution in [3.63, 3.8) is 0 Å². The van der Waals surface area contributed by atoms with Crippen LogP contribution in [0.15, 0.2) is 24.4 Å². The second kappa shape index (κ2) is 11.5. The van der Waals surface area contributed by atoms with Crippen LogP contribution in [0.2, 0.25) is 10.0 Å². The number of rotatable bonds is 8. The highest BCUT2D eigenvalue weighted by Gasteiger charge is 2.30. The molecule has 1 fully saturated rings. The van der Waals surface area contributed by atoms with Crippen molar-refractivity contribution in [2.24, 2.45) is 5.92 Å². The number of ether oxygens (including phenoxy) is 1. The molecule has 1 aliphatic rings. The molecule has 1 saturated heterocycles. The number of nitrogens with one attached hydrogen (secondary N) is 1. The fourth-order valence-electron chi connectivity index (χ4n) is 4.16. The molecule has 0 aliphatic carbocycles. The normalized spacial score (nSPS) is 15.6. The maximum atomic E-state index is 12.6. The van der Waals surface area contributed by atoms with E-state index < -0.39 is 15.3 Å². The molecule has 0 bridgehead atoms. The van der Waals surface area contributed by atoms with Crippen molar-refractivity contribution in [2.75, 3.05) is 18.4 Å². The zero-order valence-corrected chi connectivity index (χ0v) is 23.1. The Labute approximate surface area is 218 Å². The predicted octanol–water partition coefficient (Wildman–Crippen LogP) is 6.39. The molecule has 0 unspecified atom stereocenters. The van der Waals surface area contributed by atoms with Crippen molar-refractivity contribution >= 4 is 44.8 Å². The number of carbonyl (C=O) groups is 1. The zero-order valence-electron chi connectivity index (χ0n) is 20.8. The van der Waals surface area contributed by atoms with Crippen LogP contribution in [0.5, 0.6) is 11.5 Å². The molecule has 3 rings (SSSR count). The van der Waals surface area contributed by atoms with Gasteiger partial charge in [0.2, 0.25) is 15.9 Å². The quantitative estimate of drug-likeness (QED) is 0.418. The Balaban J connectivity index is 1.61. The average Bonchev–Trinajstić information content (AvgIpc) is 2.77. The van der Waals surface area contributed by atoms with Crippen LogP contribution in [0.1, 0.15) is 64.1 Å². The van der Waals surface area contributed by atoms with Crippen LogP contribution in [0.3, 0.4) is 0 Å². The van der Waals surface area contributed by atoms with Gasteiger partial charge in [0.25, 0.3) is 0 Å². The number of carbonyl (C=O) groups excluding carboxylic acids is 1. The third-order valence-electron chi connectivity index (χ3n) is 6.23. The molecule has 2 aromatic rings. The van der Waals surface area contributed by atoms with Gasteiger partial charge in [0.15, 0.2) is 5.75 Å². The highest BCUT2D eigenvalue weighted by atomic mass is 35.5. The number of piperidine rings is 1. The van der Waals surface area contributed by atoms with Crippen LogP contribution in [-0.4, -0.2) is 42.0 Å². The summed E-state index contributed by atoms with van der Waals surface area (Å²) in [5.74, 6) is 1.07. The van der Waals surface area contributed by atoms with Gasteiger partial charge in [0.1, 0.15) is 5.75 Å². The van der Waals surface area contributed by atoms with Gasteiger partial charge in [-0.15, -0.1) is 0 Å². The lowest BCUT2D eigenvalue weighted by Crippen LogP contribution is -2.42. The van der Waals surface area contributed by atoms with Gasteiger partial charge in [0.05, 0.1) is 21.5 Å². The molecule has 0 atom stereocenters. The molecule has 0 radical (unpaired) electrons. The molecule has 192 valence electrons. The van der Waals surface area contributed by atoms with Gasteiger partial charge >= 0.3 is 0 Å². The average molecular weight is 543 g/mol. The van der Waals surface area contributed by atoms with Crippen molar-refractivity contribution in [3.05, 3.63) is 45.7 Å². The smallest absolute Gasteiger partial charge is 0.224 e. The lowest BCUT2D eigenvalue weighted by molar-refractivity contribution is -0.117. The van der Waals surface area contributed by atoms with E-state index >= 15 is 0 Å². The number of hydrogen-bond acceptors (Lipinski definition) is 5. The first-order chi connectivity index (χ1) is 16.4. The molecule has 1 aliphatic heterocycles. The monoisotopic (exact) mass is 541 g/mol. The number of pyridine rings is 1. The highest BCUT2D eigenvalue weighted by molar-refractivity contribution is 7.89. The lowest BCUT2D eigenvalue weighted by Gasteiger charge is -2.32. The molecule has 1 aromatic carbocycles. The lowest BCUT2D eigenvalue weighted by atomic mass is 9.94. The van der Waals surface area contributed by atoms with Gasteiger partial charge < -0.3 is 10.1 Å². The number of aromatic nitrogens is 1. The molecule has 0 spiro atoms. The van der Waals surface area contributed by atoms with Crippen LogP contribution in [0.4, 0.5) is 5.69 Å². The van der Waals surface area contributed by atoms with Crippen LogP contribution < -0.4 is 10.1 Å². The third-order valence-corrected chi connectivity index (χ3v) is 9.07. The van der Waals surface area contributed by atoms with E-state index in [2.05, 4.69) is 24.1 Å². The van der Waals surface area contributed by atoms with Gasteiger partial charge in [-0.05, 0) is 69.2 Å². The first-order valence-electron chi connectivity index (χ1n) is 11.8. The SMILES string of the molecule is Cc1ncc(Oc2c(Cl)cc(NC(=O)CC3CCN(S(=O)(=O)C(C)C)CC3)cc2Cl)cc1C(C)C. The first kappa shape index (κ1) is 27.7. The summed E-state index contributed by atoms with van der Waals surface area (Å²) >= 11 is 12.9. The van der Waals surface area contributed by atoms with Crippen LogP contribution in [0, 0.1) is 12.8 Å². The molecular formula is C25H33Cl2N3O4S. The molecular weight excluding hydrogens is 509 g/mol. The molecule has 2 heterocycles. The summed E-state index contributed by atoms with van der Waals surface area (Å²) in [5.41, 5.74) is 2.49. The van der Waals surface area contributed by atoms with E-state index in [0.717, 1.165) is 11.3 Å².